The Morgan fingerprint density at radius 3 is 2.75 bits per heavy atom. The molecule has 1 N–H and O–H groups in total. The van der Waals surface area contributed by atoms with E-state index in [-0.39, 0.29) is 11.8 Å². The number of rotatable bonds is 4. The van der Waals surface area contributed by atoms with Crippen molar-refractivity contribution in [2.24, 2.45) is 0 Å². The van der Waals surface area contributed by atoms with E-state index in [1.54, 1.807) is 12.1 Å². The zero-order valence-corrected chi connectivity index (χ0v) is 13.3. The topological polar surface area (TPSA) is 49.4 Å². The van der Waals surface area contributed by atoms with Crippen LogP contribution < -0.4 is 5.32 Å². The zero-order valence-electron chi connectivity index (χ0n) is 10.2. The van der Waals surface area contributed by atoms with Gasteiger partial charge in [0.05, 0.1) is 15.8 Å². The van der Waals surface area contributed by atoms with Crippen LogP contribution in [0.1, 0.15) is 10.4 Å². The fourth-order valence-electron chi connectivity index (χ4n) is 1.62. The Hall–Kier alpha value is -0.820. The summed E-state index contributed by atoms with van der Waals surface area (Å²) in [4.78, 5) is 24.9. The first-order chi connectivity index (χ1) is 9.49. The van der Waals surface area contributed by atoms with Crippen LogP contribution >= 0.6 is 47.2 Å². The number of carbonyl (C=O) groups excluding carboxylic acids is 2. The molecule has 2 amide bonds. The highest BCUT2D eigenvalue weighted by molar-refractivity contribution is 8.23. The molecule has 0 bridgehead atoms. The molecule has 1 aliphatic rings. The Morgan fingerprint density at radius 2 is 2.15 bits per heavy atom. The van der Waals surface area contributed by atoms with Crippen molar-refractivity contribution in [3.63, 3.8) is 0 Å². The van der Waals surface area contributed by atoms with Crippen molar-refractivity contribution < 1.29 is 9.59 Å². The van der Waals surface area contributed by atoms with Crippen LogP contribution in [0.5, 0.6) is 0 Å². The lowest BCUT2D eigenvalue weighted by atomic mass is 10.2. The van der Waals surface area contributed by atoms with Gasteiger partial charge in [-0.2, -0.15) is 0 Å². The summed E-state index contributed by atoms with van der Waals surface area (Å²) in [6.45, 7) is 0.698. The molecule has 1 fully saturated rings. The Morgan fingerprint density at radius 1 is 1.40 bits per heavy atom. The lowest BCUT2D eigenvalue weighted by molar-refractivity contribution is -0.123. The van der Waals surface area contributed by atoms with Gasteiger partial charge in [0.25, 0.3) is 5.91 Å². The van der Waals surface area contributed by atoms with Gasteiger partial charge in [0.15, 0.2) is 0 Å². The van der Waals surface area contributed by atoms with Gasteiger partial charge in [0.2, 0.25) is 5.91 Å². The number of halogens is 2. The van der Waals surface area contributed by atoms with Gasteiger partial charge in [-0.1, -0.05) is 47.2 Å². The lowest BCUT2D eigenvalue weighted by Crippen LogP contribution is -2.37. The van der Waals surface area contributed by atoms with E-state index in [0.29, 0.717) is 38.8 Å². The van der Waals surface area contributed by atoms with E-state index in [9.17, 15) is 9.59 Å². The van der Waals surface area contributed by atoms with Gasteiger partial charge in [0, 0.05) is 18.7 Å². The van der Waals surface area contributed by atoms with Gasteiger partial charge >= 0.3 is 0 Å². The van der Waals surface area contributed by atoms with Crippen molar-refractivity contribution in [2.45, 2.75) is 0 Å². The largest absolute Gasteiger partial charge is 0.350 e. The molecular formula is C12H10Cl2N2O2S2. The zero-order chi connectivity index (χ0) is 14.7. The summed E-state index contributed by atoms with van der Waals surface area (Å²) in [5.74, 6) is 0.0807. The van der Waals surface area contributed by atoms with E-state index in [2.05, 4.69) is 5.32 Å². The molecular weight excluding hydrogens is 339 g/mol. The second kappa shape index (κ2) is 6.76. The first-order valence-electron chi connectivity index (χ1n) is 5.69. The summed E-state index contributed by atoms with van der Waals surface area (Å²) in [5, 5.41) is 3.43. The standard InChI is InChI=1S/C12H10Cl2N2O2S2/c13-8-2-1-7(5-9(8)14)11(18)15-3-4-16-10(17)6-20-12(16)19/h1-2,5H,3-4,6H2,(H,15,18). The van der Waals surface area contributed by atoms with Crippen molar-refractivity contribution >= 4 is 63.3 Å². The number of nitrogens with zero attached hydrogens (tertiary/aromatic N) is 1. The van der Waals surface area contributed by atoms with E-state index in [1.807, 2.05) is 0 Å². The first-order valence-corrected chi connectivity index (χ1v) is 7.84. The van der Waals surface area contributed by atoms with E-state index in [1.165, 1.54) is 22.7 Å². The molecule has 0 aliphatic carbocycles. The van der Waals surface area contributed by atoms with Gasteiger partial charge in [-0.15, -0.1) is 0 Å². The molecule has 0 unspecified atom stereocenters. The molecule has 1 saturated heterocycles. The second-order valence-electron chi connectivity index (χ2n) is 3.98. The van der Waals surface area contributed by atoms with Crippen LogP contribution in [-0.2, 0) is 4.79 Å². The minimum atomic E-state index is -0.270. The van der Waals surface area contributed by atoms with Crippen LogP contribution in [-0.4, -0.2) is 39.9 Å². The molecule has 8 heteroatoms. The fourth-order valence-corrected chi connectivity index (χ4v) is 3.04. The summed E-state index contributed by atoms with van der Waals surface area (Å²) in [6.07, 6.45) is 0. The number of nitrogens with one attached hydrogen (secondary N) is 1. The van der Waals surface area contributed by atoms with E-state index < -0.39 is 0 Å². The molecule has 20 heavy (non-hydrogen) atoms. The van der Waals surface area contributed by atoms with Crippen molar-refractivity contribution in [3.8, 4) is 0 Å². The number of carbonyl (C=O) groups is 2. The molecule has 2 rings (SSSR count). The molecule has 4 nitrogen and oxygen atoms in total. The average Bonchev–Trinajstić information content (AvgIpc) is 2.73. The number of hydrogen-bond acceptors (Lipinski definition) is 4. The van der Waals surface area contributed by atoms with Gasteiger partial charge in [-0.25, -0.2) is 0 Å². The van der Waals surface area contributed by atoms with Crippen LogP contribution in [0.15, 0.2) is 18.2 Å². The maximum absolute atomic E-state index is 11.9. The number of benzene rings is 1. The van der Waals surface area contributed by atoms with Crippen LogP contribution in [0.3, 0.4) is 0 Å². The molecule has 0 spiro atoms. The minimum absolute atomic E-state index is 0.0243. The highest BCUT2D eigenvalue weighted by Gasteiger charge is 2.25. The molecule has 0 radical (unpaired) electrons. The van der Waals surface area contributed by atoms with Crippen molar-refractivity contribution in [3.05, 3.63) is 33.8 Å². The smallest absolute Gasteiger partial charge is 0.251 e. The highest BCUT2D eigenvalue weighted by atomic mass is 35.5. The van der Waals surface area contributed by atoms with E-state index in [4.69, 9.17) is 35.4 Å². The molecule has 1 aromatic rings. The normalized spacial score (nSPS) is 14.8. The van der Waals surface area contributed by atoms with E-state index >= 15 is 0 Å². The average molecular weight is 349 g/mol. The van der Waals surface area contributed by atoms with Gasteiger partial charge in [0.1, 0.15) is 4.32 Å². The van der Waals surface area contributed by atoms with Gasteiger partial charge in [-0.05, 0) is 18.2 Å². The Bertz CT molecular complexity index is 565. The highest BCUT2D eigenvalue weighted by Crippen LogP contribution is 2.22. The predicted molar refractivity (Wildman–Crippen MR) is 85.6 cm³/mol. The Kier molecular flexibility index (Phi) is 5.26. The minimum Gasteiger partial charge on any atom is -0.350 e. The Labute approximate surface area is 135 Å². The summed E-state index contributed by atoms with van der Waals surface area (Å²) in [7, 11) is 0. The predicted octanol–water partition coefficient (Wildman–Crippen LogP) is 2.58. The van der Waals surface area contributed by atoms with Crippen LogP contribution in [0.2, 0.25) is 10.0 Å². The van der Waals surface area contributed by atoms with E-state index in [0.717, 1.165) is 0 Å². The molecule has 0 aromatic heterocycles. The van der Waals surface area contributed by atoms with Gasteiger partial charge in [-0.3, -0.25) is 14.5 Å². The third-order valence-corrected chi connectivity index (χ3v) is 4.81. The monoisotopic (exact) mass is 348 g/mol. The second-order valence-corrected chi connectivity index (χ2v) is 6.41. The first kappa shape index (κ1) is 15.6. The third kappa shape index (κ3) is 3.63. The number of thiocarbonyl (C=S) groups is 1. The summed E-state index contributed by atoms with van der Waals surface area (Å²) >= 11 is 18.0. The molecule has 1 heterocycles. The van der Waals surface area contributed by atoms with Crippen molar-refractivity contribution in [1.82, 2.24) is 10.2 Å². The summed E-state index contributed by atoms with van der Waals surface area (Å²) < 4.78 is 0.554. The number of hydrogen-bond donors (Lipinski definition) is 1. The number of thioether (sulfide) groups is 1. The van der Waals surface area contributed by atoms with Gasteiger partial charge < -0.3 is 5.32 Å². The molecule has 106 valence electrons. The quantitative estimate of drug-likeness (QED) is 0.849. The lowest BCUT2D eigenvalue weighted by Gasteiger charge is -2.15. The molecule has 1 aromatic carbocycles. The maximum Gasteiger partial charge on any atom is 0.251 e. The molecule has 0 atom stereocenters. The third-order valence-electron chi connectivity index (χ3n) is 2.64. The summed E-state index contributed by atoms with van der Waals surface area (Å²) in [6, 6.07) is 4.65. The van der Waals surface area contributed by atoms with Crippen LogP contribution in [0.4, 0.5) is 0 Å². The summed E-state index contributed by atoms with van der Waals surface area (Å²) in [5.41, 5.74) is 0.420. The SMILES string of the molecule is O=C(NCCN1C(=O)CSC1=S)c1ccc(Cl)c(Cl)c1. The van der Waals surface area contributed by atoms with Crippen LogP contribution in [0.25, 0.3) is 0 Å². The van der Waals surface area contributed by atoms with Crippen LogP contribution in [0, 0.1) is 0 Å². The maximum atomic E-state index is 11.9. The molecule has 1 aliphatic heterocycles. The van der Waals surface area contributed by atoms with Crippen molar-refractivity contribution in [1.29, 1.82) is 0 Å². The fraction of sp³-hybridized carbons (Fsp3) is 0.250. The number of amides is 2. The van der Waals surface area contributed by atoms with Crippen molar-refractivity contribution in [2.75, 3.05) is 18.8 Å². The Balaban J connectivity index is 1.87. The molecule has 0 saturated carbocycles.